The maximum atomic E-state index is 14.1. The Morgan fingerprint density at radius 2 is 1.96 bits per heavy atom. The van der Waals surface area contributed by atoms with Crippen molar-refractivity contribution in [1.29, 1.82) is 0 Å². The highest BCUT2D eigenvalue weighted by Crippen LogP contribution is 2.36. The minimum absolute atomic E-state index is 0.0230. The summed E-state index contributed by atoms with van der Waals surface area (Å²) < 4.78 is 38.2. The second-order valence-electron chi connectivity index (χ2n) is 6.56. The van der Waals surface area contributed by atoms with Crippen LogP contribution in [0.1, 0.15) is 22.8 Å². The molecule has 0 aromatic heterocycles. The fourth-order valence-electron chi connectivity index (χ4n) is 3.37. The number of hydrogen-bond donors (Lipinski definition) is 0. The van der Waals surface area contributed by atoms with Gasteiger partial charge in [-0.05, 0) is 42.3 Å². The molecular formula is C20H19F2NO3S. The molecule has 142 valence electrons. The lowest BCUT2D eigenvalue weighted by Crippen LogP contribution is -2.34. The van der Waals surface area contributed by atoms with Gasteiger partial charge in [-0.25, -0.2) is 8.78 Å². The molecule has 1 amide bonds. The molecule has 1 saturated heterocycles. The zero-order valence-corrected chi connectivity index (χ0v) is 15.4. The molecule has 0 aliphatic carbocycles. The molecule has 27 heavy (non-hydrogen) atoms. The van der Waals surface area contributed by atoms with E-state index in [1.165, 1.54) is 12.1 Å². The van der Waals surface area contributed by atoms with Gasteiger partial charge in [0.1, 0.15) is 11.6 Å². The number of fused-ring (bicyclic) bond motifs is 1. The van der Waals surface area contributed by atoms with Gasteiger partial charge in [-0.1, -0.05) is 6.07 Å². The van der Waals surface area contributed by atoms with Crippen LogP contribution in [0.15, 0.2) is 36.4 Å². The number of ether oxygens (including phenoxy) is 2. The van der Waals surface area contributed by atoms with E-state index in [2.05, 4.69) is 0 Å². The zero-order chi connectivity index (χ0) is 18.8. The minimum Gasteiger partial charge on any atom is -0.454 e. The van der Waals surface area contributed by atoms with E-state index in [4.69, 9.17) is 9.47 Å². The van der Waals surface area contributed by atoms with Crippen LogP contribution in [0.5, 0.6) is 11.5 Å². The van der Waals surface area contributed by atoms with Gasteiger partial charge in [-0.2, -0.15) is 11.8 Å². The van der Waals surface area contributed by atoms with Crippen LogP contribution in [-0.2, 0) is 11.2 Å². The van der Waals surface area contributed by atoms with Crippen molar-refractivity contribution in [2.75, 3.05) is 25.6 Å². The topological polar surface area (TPSA) is 38.8 Å². The zero-order valence-electron chi connectivity index (χ0n) is 14.6. The molecule has 2 aromatic carbocycles. The highest BCUT2D eigenvalue weighted by Gasteiger charge is 2.25. The molecule has 4 rings (SSSR count). The van der Waals surface area contributed by atoms with E-state index in [0.717, 1.165) is 11.6 Å². The summed E-state index contributed by atoms with van der Waals surface area (Å²) in [6.07, 6.45) is 0.873. The molecule has 0 bridgehead atoms. The Morgan fingerprint density at radius 3 is 2.85 bits per heavy atom. The van der Waals surface area contributed by atoms with Crippen LogP contribution in [0.25, 0.3) is 0 Å². The molecule has 2 aliphatic rings. The van der Waals surface area contributed by atoms with Crippen molar-refractivity contribution >= 4 is 17.7 Å². The SMILES string of the molecule is O=C(Cc1ccc2c(c1)OCO2)N1CCSC(c2cc(F)ccc2F)CC1. The first-order valence-electron chi connectivity index (χ1n) is 8.83. The van der Waals surface area contributed by atoms with Crippen LogP contribution in [-0.4, -0.2) is 36.4 Å². The molecule has 0 radical (unpaired) electrons. The Labute approximate surface area is 160 Å². The molecule has 2 aliphatic heterocycles. The summed E-state index contributed by atoms with van der Waals surface area (Å²) in [5.41, 5.74) is 1.25. The Kier molecular flexibility index (Phi) is 5.20. The number of amides is 1. The highest BCUT2D eigenvalue weighted by molar-refractivity contribution is 7.99. The van der Waals surface area contributed by atoms with Gasteiger partial charge in [-0.15, -0.1) is 0 Å². The predicted molar refractivity (Wildman–Crippen MR) is 99.0 cm³/mol. The van der Waals surface area contributed by atoms with Crippen LogP contribution in [0, 0.1) is 11.6 Å². The van der Waals surface area contributed by atoms with Crippen molar-refractivity contribution in [3.63, 3.8) is 0 Å². The van der Waals surface area contributed by atoms with Gasteiger partial charge < -0.3 is 14.4 Å². The number of carbonyl (C=O) groups excluding carboxylic acids is 1. The monoisotopic (exact) mass is 391 g/mol. The largest absolute Gasteiger partial charge is 0.454 e. The fourth-order valence-corrected chi connectivity index (χ4v) is 4.61. The van der Waals surface area contributed by atoms with Gasteiger partial charge in [0.2, 0.25) is 12.7 Å². The Morgan fingerprint density at radius 1 is 1.11 bits per heavy atom. The van der Waals surface area contributed by atoms with E-state index in [1.807, 2.05) is 18.2 Å². The Bertz CT molecular complexity index is 861. The molecule has 0 N–H and O–H groups in total. The van der Waals surface area contributed by atoms with Crippen molar-refractivity contribution in [3.05, 3.63) is 59.2 Å². The van der Waals surface area contributed by atoms with Crippen molar-refractivity contribution in [2.45, 2.75) is 18.1 Å². The van der Waals surface area contributed by atoms with Crippen molar-refractivity contribution in [2.24, 2.45) is 0 Å². The molecule has 0 spiro atoms. The van der Waals surface area contributed by atoms with E-state index < -0.39 is 11.6 Å². The maximum absolute atomic E-state index is 14.1. The number of rotatable bonds is 3. The first kappa shape index (κ1) is 18.1. The molecule has 1 unspecified atom stereocenters. The molecule has 2 aromatic rings. The van der Waals surface area contributed by atoms with Crippen LogP contribution >= 0.6 is 11.8 Å². The lowest BCUT2D eigenvalue weighted by atomic mass is 10.1. The van der Waals surface area contributed by atoms with Gasteiger partial charge in [0.05, 0.1) is 6.42 Å². The van der Waals surface area contributed by atoms with Crippen LogP contribution in [0.3, 0.4) is 0 Å². The quantitative estimate of drug-likeness (QED) is 0.794. The van der Waals surface area contributed by atoms with Gasteiger partial charge in [-0.3, -0.25) is 4.79 Å². The number of benzene rings is 2. The molecule has 2 heterocycles. The predicted octanol–water partition coefficient (Wildman–Crippen LogP) is 3.94. The smallest absolute Gasteiger partial charge is 0.231 e. The summed E-state index contributed by atoms with van der Waals surface area (Å²) in [7, 11) is 0. The summed E-state index contributed by atoms with van der Waals surface area (Å²) in [6.45, 7) is 1.33. The van der Waals surface area contributed by atoms with E-state index in [9.17, 15) is 13.6 Å². The summed E-state index contributed by atoms with van der Waals surface area (Å²) in [5, 5.41) is -0.149. The van der Waals surface area contributed by atoms with Crippen molar-refractivity contribution < 1.29 is 23.0 Å². The van der Waals surface area contributed by atoms with E-state index in [0.29, 0.717) is 42.3 Å². The third-order valence-corrected chi connectivity index (χ3v) is 6.10. The fraction of sp³-hybridized carbons (Fsp3) is 0.350. The molecular weight excluding hydrogens is 372 g/mol. The standard InChI is InChI=1S/C20H19F2NO3S/c21-14-2-3-16(22)15(11-14)19-5-6-23(7-8-27-19)20(24)10-13-1-4-17-18(9-13)26-12-25-17/h1-4,9,11,19H,5-8,10,12H2. The van der Waals surface area contributed by atoms with E-state index in [1.54, 1.807) is 16.7 Å². The van der Waals surface area contributed by atoms with Gasteiger partial charge in [0.15, 0.2) is 11.5 Å². The second-order valence-corrected chi connectivity index (χ2v) is 7.87. The first-order chi connectivity index (χ1) is 13.1. The summed E-state index contributed by atoms with van der Waals surface area (Å²) >= 11 is 1.57. The molecule has 1 atom stereocenters. The van der Waals surface area contributed by atoms with Crippen LogP contribution in [0.4, 0.5) is 8.78 Å². The number of hydrogen-bond acceptors (Lipinski definition) is 4. The first-order valence-corrected chi connectivity index (χ1v) is 9.88. The third-order valence-electron chi connectivity index (χ3n) is 4.79. The van der Waals surface area contributed by atoms with Gasteiger partial charge >= 0.3 is 0 Å². The molecule has 0 saturated carbocycles. The maximum Gasteiger partial charge on any atom is 0.231 e. The number of halogens is 2. The number of nitrogens with zero attached hydrogens (tertiary/aromatic N) is 1. The lowest BCUT2D eigenvalue weighted by molar-refractivity contribution is -0.130. The summed E-state index contributed by atoms with van der Waals surface area (Å²) in [4.78, 5) is 14.5. The Balaban J connectivity index is 1.40. The molecule has 4 nitrogen and oxygen atoms in total. The average Bonchev–Trinajstić information content (AvgIpc) is 2.98. The normalized spacial score (nSPS) is 19.0. The van der Waals surface area contributed by atoms with Crippen LogP contribution in [0.2, 0.25) is 0 Å². The molecule has 7 heteroatoms. The number of carbonyl (C=O) groups is 1. The summed E-state index contributed by atoms with van der Waals surface area (Å²) in [6, 6.07) is 9.06. The number of thioether (sulfide) groups is 1. The van der Waals surface area contributed by atoms with Crippen molar-refractivity contribution in [3.8, 4) is 11.5 Å². The highest BCUT2D eigenvalue weighted by atomic mass is 32.2. The minimum atomic E-state index is -0.438. The lowest BCUT2D eigenvalue weighted by Gasteiger charge is -2.20. The van der Waals surface area contributed by atoms with E-state index in [-0.39, 0.29) is 24.4 Å². The summed E-state index contributed by atoms with van der Waals surface area (Å²) in [5.74, 6) is 1.23. The van der Waals surface area contributed by atoms with Gasteiger partial charge in [0, 0.05) is 29.7 Å². The van der Waals surface area contributed by atoms with Gasteiger partial charge in [0.25, 0.3) is 0 Å². The van der Waals surface area contributed by atoms with Crippen molar-refractivity contribution in [1.82, 2.24) is 4.90 Å². The average molecular weight is 391 g/mol. The molecule has 1 fully saturated rings. The van der Waals surface area contributed by atoms with E-state index >= 15 is 0 Å². The van der Waals surface area contributed by atoms with Crippen LogP contribution < -0.4 is 9.47 Å². The third kappa shape index (κ3) is 4.03. The Hall–Kier alpha value is -2.28. The second kappa shape index (κ2) is 7.76.